The van der Waals surface area contributed by atoms with Crippen molar-refractivity contribution < 1.29 is 4.74 Å². The second-order valence-electron chi connectivity index (χ2n) is 7.20. The summed E-state index contributed by atoms with van der Waals surface area (Å²) in [6.45, 7) is 10.4. The Morgan fingerprint density at radius 1 is 1.21 bits per heavy atom. The lowest BCUT2D eigenvalue weighted by atomic mass is 9.63. The minimum absolute atomic E-state index is 0.472. The Hall–Kier alpha value is -0.560. The van der Waals surface area contributed by atoms with E-state index in [1.165, 1.54) is 19.3 Å². The second-order valence-corrected chi connectivity index (χ2v) is 7.20. The van der Waals surface area contributed by atoms with Gasteiger partial charge in [0.1, 0.15) is 0 Å². The zero-order valence-electron chi connectivity index (χ0n) is 12.9. The smallest absolute Gasteiger partial charge is 0.0674 e. The van der Waals surface area contributed by atoms with Gasteiger partial charge in [0.2, 0.25) is 0 Å². The third-order valence-corrected chi connectivity index (χ3v) is 5.95. The molecule has 0 amide bonds. The maximum Gasteiger partial charge on any atom is 0.0674 e. The fraction of sp³-hybridized carbons (Fsp3) is 0.778. The lowest BCUT2D eigenvalue weighted by molar-refractivity contribution is -0.117. The Morgan fingerprint density at radius 2 is 2.00 bits per heavy atom. The molecule has 0 unspecified atom stereocenters. The molecule has 6 atom stereocenters. The molecule has 3 rings (SSSR count). The molecule has 0 aromatic carbocycles. The molecule has 1 fully saturated rings. The van der Waals surface area contributed by atoms with E-state index >= 15 is 0 Å². The van der Waals surface area contributed by atoms with Crippen molar-refractivity contribution in [3.05, 3.63) is 23.3 Å². The molecule has 3 aliphatic rings. The molecular formula is C18H28O. The van der Waals surface area contributed by atoms with Gasteiger partial charge in [-0.2, -0.15) is 0 Å². The Labute approximate surface area is 118 Å². The highest BCUT2D eigenvalue weighted by Crippen LogP contribution is 2.47. The Morgan fingerprint density at radius 3 is 2.68 bits per heavy atom. The number of fused-ring (bicyclic) bond motifs is 2. The summed E-state index contributed by atoms with van der Waals surface area (Å²) in [6.07, 6.45) is 9.26. The predicted octanol–water partition coefficient (Wildman–Crippen LogP) is 4.60. The van der Waals surface area contributed by atoms with Gasteiger partial charge in [-0.25, -0.2) is 0 Å². The van der Waals surface area contributed by atoms with Crippen LogP contribution in [0, 0.1) is 29.6 Å². The maximum atomic E-state index is 6.36. The molecule has 1 heteroatoms. The summed E-state index contributed by atoms with van der Waals surface area (Å²) in [5.41, 5.74) is 3.16. The van der Waals surface area contributed by atoms with E-state index in [0.29, 0.717) is 17.9 Å². The van der Waals surface area contributed by atoms with Gasteiger partial charge in [0.05, 0.1) is 12.7 Å². The van der Waals surface area contributed by atoms with Crippen molar-refractivity contribution in [1.29, 1.82) is 0 Å². The van der Waals surface area contributed by atoms with Crippen molar-refractivity contribution >= 4 is 0 Å². The number of allylic oxidation sites excluding steroid dienone is 3. The first kappa shape index (κ1) is 13.4. The fourth-order valence-corrected chi connectivity index (χ4v) is 4.71. The summed E-state index contributed by atoms with van der Waals surface area (Å²) in [4.78, 5) is 0. The molecule has 1 heterocycles. The zero-order chi connectivity index (χ0) is 13.6. The van der Waals surface area contributed by atoms with Crippen LogP contribution in [0.25, 0.3) is 0 Å². The van der Waals surface area contributed by atoms with E-state index in [1.54, 1.807) is 11.1 Å². The molecule has 1 nitrogen and oxygen atoms in total. The summed E-state index contributed by atoms with van der Waals surface area (Å²) in [7, 11) is 0. The SMILES string of the molecule is CC1=CC[C@H]([C@H]2OC[C@H]3[C@@H](C)[C@H]2C(C)=C[C@@H]3C)CC1. The van der Waals surface area contributed by atoms with E-state index in [4.69, 9.17) is 4.74 Å². The van der Waals surface area contributed by atoms with Gasteiger partial charge in [-0.15, -0.1) is 0 Å². The van der Waals surface area contributed by atoms with Gasteiger partial charge >= 0.3 is 0 Å². The normalized spacial score (nSPS) is 46.5. The van der Waals surface area contributed by atoms with Crippen LogP contribution >= 0.6 is 0 Å². The molecule has 0 aromatic rings. The third-order valence-electron chi connectivity index (χ3n) is 5.95. The van der Waals surface area contributed by atoms with Crippen LogP contribution < -0.4 is 0 Å². The summed E-state index contributed by atoms with van der Waals surface area (Å²) in [5.74, 6) is 3.65. The molecule has 0 N–H and O–H groups in total. The van der Waals surface area contributed by atoms with Gasteiger partial charge in [-0.3, -0.25) is 0 Å². The molecule has 0 saturated carbocycles. The highest BCUT2D eigenvalue weighted by molar-refractivity contribution is 5.18. The quantitative estimate of drug-likeness (QED) is 0.626. The van der Waals surface area contributed by atoms with E-state index in [0.717, 1.165) is 24.4 Å². The number of hydrogen-bond acceptors (Lipinski definition) is 1. The number of rotatable bonds is 1. The van der Waals surface area contributed by atoms with Crippen molar-refractivity contribution in [1.82, 2.24) is 0 Å². The molecule has 2 aliphatic carbocycles. The van der Waals surface area contributed by atoms with Crippen molar-refractivity contribution in [2.75, 3.05) is 6.61 Å². The maximum absolute atomic E-state index is 6.36. The molecule has 1 saturated heterocycles. The first-order valence-corrected chi connectivity index (χ1v) is 8.03. The first-order chi connectivity index (χ1) is 9.08. The van der Waals surface area contributed by atoms with Crippen LogP contribution in [0.5, 0.6) is 0 Å². The Bertz CT molecular complexity index is 406. The molecule has 1 aliphatic heterocycles. The first-order valence-electron chi connectivity index (χ1n) is 8.03. The van der Waals surface area contributed by atoms with Crippen LogP contribution in [-0.4, -0.2) is 12.7 Å². The molecule has 2 bridgehead atoms. The van der Waals surface area contributed by atoms with Crippen molar-refractivity contribution in [2.24, 2.45) is 29.6 Å². The summed E-state index contributed by atoms with van der Waals surface area (Å²) < 4.78 is 6.36. The predicted molar refractivity (Wildman–Crippen MR) is 79.9 cm³/mol. The van der Waals surface area contributed by atoms with Crippen LogP contribution in [0.4, 0.5) is 0 Å². The van der Waals surface area contributed by atoms with Gasteiger partial charge < -0.3 is 4.74 Å². The van der Waals surface area contributed by atoms with Gasteiger partial charge in [-0.05, 0) is 56.8 Å². The highest BCUT2D eigenvalue weighted by atomic mass is 16.5. The zero-order valence-corrected chi connectivity index (χ0v) is 12.9. The summed E-state index contributed by atoms with van der Waals surface area (Å²) >= 11 is 0. The van der Waals surface area contributed by atoms with Crippen LogP contribution in [0.1, 0.15) is 47.0 Å². The molecule has 0 radical (unpaired) electrons. The fourth-order valence-electron chi connectivity index (χ4n) is 4.71. The molecule has 0 spiro atoms. The van der Waals surface area contributed by atoms with Crippen molar-refractivity contribution in [3.63, 3.8) is 0 Å². The Balaban J connectivity index is 1.82. The summed E-state index contributed by atoms with van der Waals surface area (Å²) in [6, 6.07) is 0. The highest BCUT2D eigenvalue weighted by Gasteiger charge is 2.45. The minimum Gasteiger partial charge on any atom is -0.377 e. The number of ether oxygens (including phenoxy) is 1. The standard InChI is InChI=1S/C18H28O/c1-11-5-7-15(8-6-11)18-17-13(3)9-12(2)16(10-19-18)14(17)4/h5,9,12,14-18H,6-8,10H2,1-4H3/t12-,14+,15-,16+,17+,18+/m0/s1. The van der Waals surface area contributed by atoms with E-state index < -0.39 is 0 Å². The number of hydrogen-bond donors (Lipinski definition) is 0. The van der Waals surface area contributed by atoms with Crippen LogP contribution in [-0.2, 0) is 4.74 Å². The van der Waals surface area contributed by atoms with Gasteiger partial charge in [0.15, 0.2) is 0 Å². The molecule has 0 aromatic heterocycles. The second kappa shape index (κ2) is 5.09. The van der Waals surface area contributed by atoms with E-state index in [1.807, 2.05) is 0 Å². The van der Waals surface area contributed by atoms with Crippen LogP contribution in [0.2, 0.25) is 0 Å². The van der Waals surface area contributed by atoms with Gasteiger partial charge in [0, 0.05) is 5.92 Å². The van der Waals surface area contributed by atoms with Crippen molar-refractivity contribution in [2.45, 2.75) is 53.1 Å². The molecule has 19 heavy (non-hydrogen) atoms. The van der Waals surface area contributed by atoms with Gasteiger partial charge in [-0.1, -0.05) is 37.1 Å². The van der Waals surface area contributed by atoms with Crippen molar-refractivity contribution in [3.8, 4) is 0 Å². The van der Waals surface area contributed by atoms with Gasteiger partial charge in [0.25, 0.3) is 0 Å². The minimum atomic E-state index is 0.472. The average Bonchev–Trinajstić information content (AvgIpc) is 2.37. The average molecular weight is 260 g/mol. The largest absolute Gasteiger partial charge is 0.377 e. The Kier molecular flexibility index (Phi) is 3.59. The monoisotopic (exact) mass is 260 g/mol. The van der Waals surface area contributed by atoms with Crippen LogP contribution in [0.3, 0.4) is 0 Å². The lowest BCUT2D eigenvalue weighted by Crippen LogP contribution is -2.49. The lowest BCUT2D eigenvalue weighted by Gasteiger charge is -2.50. The van der Waals surface area contributed by atoms with Crippen LogP contribution in [0.15, 0.2) is 23.3 Å². The van der Waals surface area contributed by atoms with E-state index in [2.05, 4.69) is 39.8 Å². The molecular weight excluding hydrogens is 232 g/mol. The van der Waals surface area contributed by atoms with E-state index in [9.17, 15) is 0 Å². The van der Waals surface area contributed by atoms with E-state index in [-0.39, 0.29) is 0 Å². The summed E-state index contributed by atoms with van der Waals surface area (Å²) in [5, 5.41) is 0. The molecule has 106 valence electrons. The third kappa shape index (κ3) is 2.31. The topological polar surface area (TPSA) is 9.23 Å².